The van der Waals surface area contributed by atoms with Crippen LogP contribution in [0.2, 0.25) is 0 Å². The van der Waals surface area contributed by atoms with Crippen molar-refractivity contribution in [3.05, 3.63) is 0 Å². The third-order valence-electron chi connectivity index (χ3n) is 2.34. The van der Waals surface area contributed by atoms with E-state index in [0.717, 1.165) is 0 Å². The standard InChI is InChI=1S/C7H11F2NO2.ClH/c8-5(9)7(6(11)12)1-3-10-4-2-7;/h5,10H,1-4H2,(H,11,12);1H. The van der Waals surface area contributed by atoms with Crippen LogP contribution >= 0.6 is 12.4 Å². The number of nitrogens with one attached hydrogen (secondary N) is 1. The van der Waals surface area contributed by atoms with Gasteiger partial charge in [0.2, 0.25) is 0 Å². The van der Waals surface area contributed by atoms with E-state index >= 15 is 0 Å². The zero-order valence-corrected chi connectivity index (χ0v) is 7.74. The van der Waals surface area contributed by atoms with E-state index in [1.54, 1.807) is 0 Å². The van der Waals surface area contributed by atoms with Gasteiger partial charge in [0.1, 0.15) is 5.41 Å². The minimum absolute atomic E-state index is 0. The Morgan fingerprint density at radius 2 is 1.85 bits per heavy atom. The Kier molecular flexibility index (Phi) is 4.56. The van der Waals surface area contributed by atoms with Crippen molar-refractivity contribution in [2.75, 3.05) is 13.1 Å². The van der Waals surface area contributed by atoms with E-state index in [9.17, 15) is 13.6 Å². The van der Waals surface area contributed by atoms with Gasteiger partial charge in [-0.25, -0.2) is 8.78 Å². The molecule has 0 aromatic rings. The third kappa shape index (κ3) is 2.28. The van der Waals surface area contributed by atoms with Gasteiger partial charge < -0.3 is 10.4 Å². The molecule has 1 saturated heterocycles. The van der Waals surface area contributed by atoms with Crippen molar-refractivity contribution >= 4 is 18.4 Å². The summed E-state index contributed by atoms with van der Waals surface area (Å²) in [5.74, 6) is -1.38. The number of alkyl halides is 2. The SMILES string of the molecule is Cl.O=C(O)C1(C(F)F)CCNCC1. The number of rotatable bonds is 2. The molecule has 1 aliphatic rings. The highest BCUT2D eigenvalue weighted by molar-refractivity contribution is 5.85. The molecule has 1 heterocycles. The summed E-state index contributed by atoms with van der Waals surface area (Å²) in [6, 6.07) is 0. The summed E-state index contributed by atoms with van der Waals surface area (Å²) >= 11 is 0. The lowest BCUT2D eigenvalue weighted by atomic mass is 9.79. The highest BCUT2D eigenvalue weighted by Gasteiger charge is 2.47. The summed E-state index contributed by atoms with van der Waals surface area (Å²) in [7, 11) is 0. The molecule has 0 atom stereocenters. The minimum Gasteiger partial charge on any atom is -0.481 e. The number of carbonyl (C=O) groups is 1. The first-order valence-corrected chi connectivity index (χ1v) is 3.82. The lowest BCUT2D eigenvalue weighted by molar-refractivity contribution is -0.162. The second kappa shape index (κ2) is 4.72. The van der Waals surface area contributed by atoms with Crippen LogP contribution in [0.4, 0.5) is 8.78 Å². The molecule has 1 rings (SSSR count). The van der Waals surface area contributed by atoms with E-state index in [1.165, 1.54) is 0 Å². The first-order valence-electron chi connectivity index (χ1n) is 3.82. The van der Waals surface area contributed by atoms with Gasteiger partial charge >= 0.3 is 5.97 Å². The zero-order valence-electron chi connectivity index (χ0n) is 6.93. The molecule has 78 valence electrons. The Balaban J connectivity index is 0.00000144. The highest BCUT2D eigenvalue weighted by Crippen LogP contribution is 2.35. The third-order valence-corrected chi connectivity index (χ3v) is 2.34. The lowest BCUT2D eigenvalue weighted by Gasteiger charge is -2.32. The fourth-order valence-electron chi connectivity index (χ4n) is 1.40. The number of aliphatic carboxylic acids is 1. The molecule has 0 spiro atoms. The Labute approximate surface area is 80.9 Å². The largest absolute Gasteiger partial charge is 0.481 e. The summed E-state index contributed by atoms with van der Waals surface area (Å²) in [5.41, 5.74) is -1.80. The first kappa shape index (κ1) is 12.6. The summed E-state index contributed by atoms with van der Waals surface area (Å²) in [5, 5.41) is 11.5. The fourth-order valence-corrected chi connectivity index (χ4v) is 1.40. The van der Waals surface area contributed by atoms with E-state index in [-0.39, 0.29) is 25.2 Å². The minimum atomic E-state index is -2.77. The van der Waals surface area contributed by atoms with Crippen LogP contribution in [0.5, 0.6) is 0 Å². The average molecular weight is 216 g/mol. The maximum atomic E-state index is 12.4. The van der Waals surface area contributed by atoms with Crippen molar-refractivity contribution in [3.8, 4) is 0 Å². The Morgan fingerprint density at radius 1 is 1.38 bits per heavy atom. The molecular formula is C7H12ClF2NO2. The molecule has 0 amide bonds. The van der Waals surface area contributed by atoms with Gasteiger partial charge in [0.25, 0.3) is 6.43 Å². The number of halogens is 3. The summed E-state index contributed by atoms with van der Waals surface area (Å²) in [4.78, 5) is 10.6. The number of carboxylic acid groups (broad SMARTS) is 1. The van der Waals surface area contributed by atoms with Crippen LogP contribution in [0.15, 0.2) is 0 Å². The van der Waals surface area contributed by atoms with Crippen LogP contribution in [0.25, 0.3) is 0 Å². The zero-order chi connectivity index (χ0) is 9.19. The van der Waals surface area contributed by atoms with Crippen molar-refractivity contribution in [2.45, 2.75) is 19.3 Å². The van der Waals surface area contributed by atoms with Gasteiger partial charge in [-0.1, -0.05) is 0 Å². The van der Waals surface area contributed by atoms with Crippen molar-refractivity contribution in [3.63, 3.8) is 0 Å². The normalized spacial score (nSPS) is 20.8. The molecule has 0 aliphatic carbocycles. The van der Waals surface area contributed by atoms with Crippen LogP contribution in [-0.2, 0) is 4.79 Å². The second-order valence-electron chi connectivity index (χ2n) is 3.01. The summed E-state index contributed by atoms with van der Waals surface area (Å²) in [6.45, 7) is 0.716. The van der Waals surface area contributed by atoms with Crippen LogP contribution in [0, 0.1) is 5.41 Å². The molecule has 1 aliphatic heterocycles. The predicted octanol–water partition coefficient (Wildman–Crippen LogP) is 1.13. The first-order chi connectivity index (χ1) is 5.59. The molecule has 0 radical (unpaired) electrons. The lowest BCUT2D eigenvalue weighted by Crippen LogP contribution is -2.46. The predicted molar refractivity (Wildman–Crippen MR) is 45.4 cm³/mol. The molecule has 0 bridgehead atoms. The number of carboxylic acids is 1. The second-order valence-corrected chi connectivity index (χ2v) is 3.01. The molecule has 6 heteroatoms. The van der Waals surface area contributed by atoms with Crippen molar-refractivity contribution in [1.29, 1.82) is 0 Å². The van der Waals surface area contributed by atoms with Gasteiger partial charge in [0.15, 0.2) is 0 Å². The molecule has 3 nitrogen and oxygen atoms in total. The maximum Gasteiger partial charge on any atom is 0.315 e. The van der Waals surface area contributed by atoms with Crippen LogP contribution in [-0.4, -0.2) is 30.6 Å². The highest BCUT2D eigenvalue weighted by atomic mass is 35.5. The molecule has 0 aromatic heterocycles. The molecule has 0 unspecified atom stereocenters. The van der Waals surface area contributed by atoms with Crippen LogP contribution in [0.3, 0.4) is 0 Å². The Morgan fingerprint density at radius 3 is 2.08 bits per heavy atom. The van der Waals surface area contributed by atoms with Crippen LogP contribution < -0.4 is 5.32 Å². The average Bonchev–Trinajstić information content (AvgIpc) is 2.05. The molecule has 1 fully saturated rings. The Hall–Kier alpha value is -0.420. The van der Waals surface area contributed by atoms with Gasteiger partial charge in [-0.2, -0.15) is 0 Å². The van der Waals surface area contributed by atoms with Gasteiger partial charge in [-0.05, 0) is 25.9 Å². The van der Waals surface area contributed by atoms with Crippen molar-refractivity contribution < 1.29 is 18.7 Å². The number of piperidine rings is 1. The summed E-state index contributed by atoms with van der Waals surface area (Å²) in [6.07, 6.45) is -2.74. The molecule has 0 aromatic carbocycles. The molecular weight excluding hydrogens is 204 g/mol. The number of hydrogen-bond acceptors (Lipinski definition) is 2. The van der Waals surface area contributed by atoms with E-state index in [0.29, 0.717) is 13.1 Å². The quantitative estimate of drug-likeness (QED) is 0.726. The van der Waals surface area contributed by atoms with Crippen molar-refractivity contribution in [1.82, 2.24) is 5.32 Å². The van der Waals surface area contributed by atoms with Gasteiger partial charge in [-0.3, -0.25) is 4.79 Å². The fraction of sp³-hybridized carbons (Fsp3) is 0.857. The monoisotopic (exact) mass is 215 g/mol. The molecule has 0 saturated carbocycles. The van der Waals surface area contributed by atoms with E-state index in [4.69, 9.17) is 5.11 Å². The van der Waals surface area contributed by atoms with Gasteiger partial charge in [-0.15, -0.1) is 12.4 Å². The van der Waals surface area contributed by atoms with Gasteiger partial charge in [0.05, 0.1) is 0 Å². The van der Waals surface area contributed by atoms with E-state index in [2.05, 4.69) is 5.32 Å². The Bertz CT molecular complexity index is 183. The van der Waals surface area contributed by atoms with E-state index < -0.39 is 17.8 Å². The van der Waals surface area contributed by atoms with Crippen molar-refractivity contribution in [2.24, 2.45) is 5.41 Å². The molecule has 2 N–H and O–H groups in total. The summed E-state index contributed by atoms with van der Waals surface area (Å²) < 4.78 is 24.8. The smallest absolute Gasteiger partial charge is 0.315 e. The van der Waals surface area contributed by atoms with Gasteiger partial charge in [0, 0.05) is 0 Å². The molecule has 13 heavy (non-hydrogen) atoms. The number of hydrogen-bond donors (Lipinski definition) is 2. The van der Waals surface area contributed by atoms with Crippen LogP contribution in [0.1, 0.15) is 12.8 Å². The maximum absolute atomic E-state index is 12.4. The topological polar surface area (TPSA) is 49.3 Å². The van der Waals surface area contributed by atoms with E-state index in [1.807, 2.05) is 0 Å².